The summed E-state index contributed by atoms with van der Waals surface area (Å²) in [6.45, 7) is 8.48. The SMILES string of the molecule is CN/C=C/C=C/C(C)=C(\C)C=[NH+]C(C)C. The Hall–Kier alpha value is -1.31. The van der Waals surface area contributed by atoms with Gasteiger partial charge < -0.3 is 5.32 Å². The lowest BCUT2D eigenvalue weighted by Crippen LogP contribution is -2.74. The van der Waals surface area contributed by atoms with Crippen molar-refractivity contribution in [1.29, 1.82) is 0 Å². The lowest BCUT2D eigenvalue weighted by atomic mass is 10.1. The van der Waals surface area contributed by atoms with Crippen LogP contribution in [0.5, 0.6) is 0 Å². The van der Waals surface area contributed by atoms with Crippen molar-refractivity contribution in [2.75, 3.05) is 7.05 Å². The molecule has 2 nitrogen and oxygen atoms in total. The van der Waals surface area contributed by atoms with Gasteiger partial charge in [0.2, 0.25) is 0 Å². The van der Waals surface area contributed by atoms with E-state index in [4.69, 9.17) is 0 Å². The molecule has 0 aliphatic rings. The molecule has 2 heteroatoms. The molecule has 0 radical (unpaired) electrons. The second-order valence-electron chi connectivity index (χ2n) is 3.84. The molecular formula is C13H23N2+. The smallest absolute Gasteiger partial charge is 0.165 e. The maximum atomic E-state index is 3.28. The summed E-state index contributed by atoms with van der Waals surface area (Å²) < 4.78 is 0. The molecule has 0 aromatic carbocycles. The van der Waals surface area contributed by atoms with Gasteiger partial charge in [0.1, 0.15) is 6.04 Å². The van der Waals surface area contributed by atoms with Crippen LogP contribution in [-0.2, 0) is 0 Å². The van der Waals surface area contributed by atoms with Crippen LogP contribution in [0.25, 0.3) is 0 Å². The van der Waals surface area contributed by atoms with Crippen molar-refractivity contribution in [2.45, 2.75) is 33.7 Å². The fourth-order valence-corrected chi connectivity index (χ4v) is 0.889. The van der Waals surface area contributed by atoms with Gasteiger partial charge in [0, 0.05) is 12.6 Å². The molecule has 0 aromatic rings. The number of hydrogen-bond acceptors (Lipinski definition) is 1. The monoisotopic (exact) mass is 207 g/mol. The summed E-state index contributed by atoms with van der Waals surface area (Å²) in [5.74, 6) is 0. The first-order valence-electron chi connectivity index (χ1n) is 5.35. The van der Waals surface area contributed by atoms with E-state index in [0.717, 1.165) is 0 Å². The molecule has 2 N–H and O–H groups in total. The van der Waals surface area contributed by atoms with Crippen molar-refractivity contribution >= 4 is 6.21 Å². The minimum atomic E-state index is 0.487. The van der Waals surface area contributed by atoms with Gasteiger partial charge in [0.15, 0.2) is 6.21 Å². The van der Waals surface area contributed by atoms with E-state index in [1.807, 2.05) is 25.4 Å². The second-order valence-corrected chi connectivity index (χ2v) is 3.84. The Labute approximate surface area is 93.5 Å². The Bertz CT molecular complexity index is 281. The van der Waals surface area contributed by atoms with E-state index in [0.29, 0.717) is 6.04 Å². The van der Waals surface area contributed by atoms with Gasteiger partial charge in [-0.2, -0.15) is 0 Å². The molecule has 0 spiro atoms. The summed E-state index contributed by atoms with van der Waals surface area (Å²) in [5, 5.41) is 2.94. The van der Waals surface area contributed by atoms with E-state index in [2.05, 4.69) is 50.3 Å². The average Bonchev–Trinajstić information content (AvgIpc) is 2.20. The highest BCUT2D eigenvalue weighted by Gasteiger charge is 1.94. The van der Waals surface area contributed by atoms with Gasteiger partial charge in [-0.3, -0.25) is 0 Å². The molecule has 0 saturated carbocycles. The minimum absolute atomic E-state index is 0.487. The molecule has 0 aliphatic carbocycles. The maximum Gasteiger partial charge on any atom is 0.165 e. The zero-order chi connectivity index (χ0) is 11.7. The van der Waals surface area contributed by atoms with Crippen LogP contribution in [-0.4, -0.2) is 19.3 Å². The molecule has 0 heterocycles. The summed E-state index contributed by atoms with van der Waals surface area (Å²) in [7, 11) is 1.89. The van der Waals surface area contributed by atoms with E-state index in [1.165, 1.54) is 11.1 Å². The standard InChI is InChI=1S/C13H22N2/c1-11(2)15-10-13(4)12(3)8-6-7-9-14-5/h6-11,14H,1-5H3/p+1/b8-6+,9-7+,13-12+,15-10?. The van der Waals surface area contributed by atoms with Crippen molar-refractivity contribution in [1.82, 2.24) is 5.32 Å². The summed E-state index contributed by atoms with van der Waals surface area (Å²) in [4.78, 5) is 3.28. The van der Waals surface area contributed by atoms with Crippen LogP contribution < -0.4 is 10.3 Å². The predicted octanol–water partition coefficient (Wildman–Crippen LogP) is 1.17. The highest BCUT2D eigenvalue weighted by Crippen LogP contribution is 2.01. The Morgan fingerprint density at radius 3 is 2.33 bits per heavy atom. The Balaban J connectivity index is 4.38. The average molecular weight is 207 g/mol. The molecule has 0 atom stereocenters. The first-order chi connectivity index (χ1) is 7.07. The molecular weight excluding hydrogens is 184 g/mol. The van der Waals surface area contributed by atoms with Crippen molar-refractivity contribution < 1.29 is 4.99 Å². The Morgan fingerprint density at radius 1 is 1.13 bits per heavy atom. The third-order valence-electron chi connectivity index (χ3n) is 1.98. The third-order valence-corrected chi connectivity index (χ3v) is 1.98. The highest BCUT2D eigenvalue weighted by atomic mass is 14.8. The molecule has 0 saturated heterocycles. The van der Waals surface area contributed by atoms with Crippen LogP contribution in [0.4, 0.5) is 0 Å². The highest BCUT2D eigenvalue weighted by molar-refractivity contribution is 5.74. The number of hydrogen-bond donors (Lipinski definition) is 2. The van der Waals surface area contributed by atoms with Crippen molar-refractivity contribution in [3.8, 4) is 0 Å². The fraction of sp³-hybridized carbons (Fsp3) is 0.462. The van der Waals surface area contributed by atoms with E-state index in [9.17, 15) is 0 Å². The maximum absolute atomic E-state index is 3.28. The number of allylic oxidation sites excluding steroid dienone is 5. The second kappa shape index (κ2) is 8.04. The largest absolute Gasteiger partial charge is 0.394 e. The zero-order valence-electron chi connectivity index (χ0n) is 10.5. The Kier molecular flexibility index (Phi) is 7.33. The van der Waals surface area contributed by atoms with E-state index in [1.54, 1.807) is 0 Å². The zero-order valence-corrected chi connectivity index (χ0v) is 10.5. The lowest BCUT2D eigenvalue weighted by Gasteiger charge is -1.94. The summed E-state index contributed by atoms with van der Waals surface area (Å²) in [5.41, 5.74) is 2.53. The van der Waals surface area contributed by atoms with Gasteiger partial charge in [-0.25, -0.2) is 4.99 Å². The van der Waals surface area contributed by atoms with Crippen LogP contribution in [0.1, 0.15) is 27.7 Å². The number of nitrogens with one attached hydrogen (secondary N) is 2. The first kappa shape index (κ1) is 13.7. The van der Waals surface area contributed by atoms with Gasteiger partial charge in [-0.1, -0.05) is 12.2 Å². The topological polar surface area (TPSA) is 26.0 Å². The van der Waals surface area contributed by atoms with E-state index in [-0.39, 0.29) is 0 Å². The predicted molar refractivity (Wildman–Crippen MR) is 67.9 cm³/mol. The molecule has 0 aliphatic heterocycles. The molecule has 0 amide bonds. The molecule has 0 fully saturated rings. The van der Waals surface area contributed by atoms with Gasteiger partial charge in [-0.05, 0) is 45.5 Å². The number of rotatable bonds is 5. The summed E-state index contributed by atoms with van der Waals surface area (Å²) in [6.07, 6.45) is 10.1. The molecule has 15 heavy (non-hydrogen) atoms. The van der Waals surface area contributed by atoms with Gasteiger partial charge in [0.05, 0.1) is 0 Å². The summed E-state index contributed by atoms with van der Waals surface area (Å²) >= 11 is 0. The van der Waals surface area contributed by atoms with Gasteiger partial charge in [-0.15, -0.1) is 0 Å². The normalized spacial score (nSPS) is 14.5. The van der Waals surface area contributed by atoms with E-state index < -0.39 is 0 Å². The van der Waals surface area contributed by atoms with Crippen LogP contribution in [0.3, 0.4) is 0 Å². The lowest BCUT2D eigenvalue weighted by molar-refractivity contribution is -0.488. The minimum Gasteiger partial charge on any atom is -0.394 e. The molecule has 0 rings (SSSR count). The van der Waals surface area contributed by atoms with E-state index >= 15 is 0 Å². The Morgan fingerprint density at radius 2 is 1.80 bits per heavy atom. The molecule has 0 unspecified atom stereocenters. The van der Waals surface area contributed by atoms with Gasteiger partial charge >= 0.3 is 0 Å². The van der Waals surface area contributed by atoms with Crippen LogP contribution in [0.15, 0.2) is 35.6 Å². The van der Waals surface area contributed by atoms with Crippen molar-refractivity contribution in [3.63, 3.8) is 0 Å². The van der Waals surface area contributed by atoms with Crippen LogP contribution in [0.2, 0.25) is 0 Å². The quantitative estimate of drug-likeness (QED) is 0.514. The molecule has 0 bridgehead atoms. The summed E-state index contributed by atoms with van der Waals surface area (Å²) in [6, 6.07) is 0.487. The van der Waals surface area contributed by atoms with Crippen molar-refractivity contribution in [3.05, 3.63) is 35.6 Å². The third kappa shape index (κ3) is 7.74. The fourth-order valence-electron chi connectivity index (χ4n) is 0.889. The van der Waals surface area contributed by atoms with Crippen molar-refractivity contribution in [2.24, 2.45) is 0 Å². The van der Waals surface area contributed by atoms with Crippen LogP contribution in [0, 0.1) is 0 Å². The first-order valence-corrected chi connectivity index (χ1v) is 5.35. The molecule has 0 aromatic heterocycles. The molecule has 84 valence electrons. The van der Waals surface area contributed by atoms with Crippen LogP contribution >= 0.6 is 0 Å². The van der Waals surface area contributed by atoms with Gasteiger partial charge in [0.25, 0.3) is 0 Å².